The van der Waals surface area contributed by atoms with Crippen LogP contribution in [0.2, 0.25) is 0 Å². The van der Waals surface area contributed by atoms with Crippen molar-refractivity contribution in [2.45, 2.75) is 13.8 Å². The van der Waals surface area contributed by atoms with Gasteiger partial charge in [0.25, 0.3) is 0 Å². The second-order valence-corrected chi connectivity index (χ2v) is 4.83. The molecule has 0 bridgehead atoms. The minimum absolute atomic E-state index is 0.0921. The van der Waals surface area contributed by atoms with Gasteiger partial charge < -0.3 is 10.6 Å². The van der Waals surface area contributed by atoms with Crippen molar-refractivity contribution < 1.29 is 0 Å². The van der Waals surface area contributed by atoms with Crippen molar-refractivity contribution >= 4 is 17.2 Å². The molecule has 19 heavy (non-hydrogen) atoms. The Morgan fingerprint density at radius 2 is 1.74 bits per heavy atom. The number of amidine groups is 1. The molecule has 0 heterocycles. The Morgan fingerprint density at radius 3 is 2.37 bits per heavy atom. The first-order valence-electron chi connectivity index (χ1n) is 6.24. The van der Waals surface area contributed by atoms with Crippen LogP contribution in [0.1, 0.15) is 16.7 Å². The molecule has 0 radical (unpaired) electrons. The van der Waals surface area contributed by atoms with E-state index in [1.165, 1.54) is 5.56 Å². The third kappa shape index (κ3) is 2.76. The highest BCUT2D eigenvalue weighted by atomic mass is 15.1. The normalized spacial score (nSPS) is 10.3. The number of anilines is 2. The van der Waals surface area contributed by atoms with Crippen LogP contribution in [0.3, 0.4) is 0 Å². The summed E-state index contributed by atoms with van der Waals surface area (Å²) in [4.78, 5) is 2.07. The number of hydrogen-bond acceptors (Lipinski definition) is 2. The molecule has 0 amide bonds. The summed E-state index contributed by atoms with van der Waals surface area (Å²) in [5, 5.41) is 7.70. The lowest BCUT2D eigenvalue weighted by molar-refractivity contribution is 1.18. The minimum Gasteiger partial charge on any atom is -0.384 e. The lowest BCUT2D eigenvalue weighted by atomic mass is 10.1. The summed E-state index contributed by atoms with van der Waals surface area (Å²) in [7, 11) is 2.00. The summed E-state index contributed by atoms with van der Waals surface area (Å²) < 4.78 is 0. The van der Waals surface area contributed by atoms with E-state index in [0.29, 0.717) is 0 Å². The molecule has 0 aliphatic heterocycles. The average molecular weight is 253 g/mol. The van der Waals surface area contributed by atoms with Gasteiger partial charge >= 0.3 is 0 Å². The van der Waals surface area contributed by atoms with Gasteiger partial charge in [-0.15, -0.1) is 0 Å². The van der Waals surface area contributed by atoms with Crippen LogP contribution in [0.25, 0.3) is 0 Å². The van der Waals surface area contributed by atoms with Gasteiger partial charge in [0.15, 0.2) is 0 Å². The van der Waals surface area contributed by atoms with Gasteiger partial charge in [-0.05, 0) is 49.2 Å². The van der Waals surface area contributed by atoms with Gasteiger partial charge in [-0.3, -0.25) is 5.41 Å². The number of nitrogens with zero attached hydrogens (tertiary/aromatic N) is 1. The predicted octanol–water partition coefficient (Wildman–Crippen LogP) is 3.36. The van der Waals surface area contributed by atoms with Crippen molar-refractivity contribution in [3.63, 3.8) is 0 Å². The third-order valence-corrected chi connectivity index (χ3v) is 3.19. The van der Waals surface area contributed by atoms with E-state index in [0.717, 1.165) is 22.5 Å². The predicted molar refractivity (Wildman–Crippen MR) is 81.4 cm³/mol. The monoisotopic (exact) mass is 253 g/mol. The molecule has 3 heteroatoms. The van der Waals surface area contributed by atoms with E-state index in [1.54, 1.807) is 0 Å². The molecule has 0 fully saturated rings. The zero-order chi connectivity index (χ0) is 14.0. The number of nitrogens with two attached hydrogens (primary N) is 1. The number of hydrogen-bond donors (Lipinski definition) is 2. The Labute approximate surface area is 114 Å². The van der Waals surface area contributed by atoms with Gasteiger partial charge in [0.1, 0.15) is 5.84 Å². The van der Waals surface area contributed by atoms with Crippen LogP contribution in [0.15, 0.2) is 42.5 Å². The molecule has 2 aromatic carbocycles. The highest BCUT2D eigenvalue weighted by molar-refractivity contribution is 6.01. The molecule has 0 unspecified atom stereocenters. The van der Waals surface area contributed by atoms with E-state index < -0.39 is 0 Å². The molecule has 0 saturated heterocycles. The topological polar surface area (TPSA) is 53.1 Å². The quantitative estimate of drug-likeness (QED) is 0.651. The van der Waals surface area contributed by atoms with Crippen LogP contribution in [0, 0.1) is 19.3 Å². The van der Waals surface area contributed by atoms with E-state index in [-0.39, 0.29) is 5.84 Å². The van der Waals surface area contributed by atoms with Gasteiger partial charge in [0.05, 0.1) is 5.69 Å². The molecule has 0 aromatic heterocycles. The number of nitrogens with one attached hydrogen (secondary N) is 1. The van der Waals surface area contributed by atoms with E-state index in [9.17, 15) is 0 Å². The number of aryl methyl sites for hydroxylation is 2. The third-order valence-electron chi connectivity index (χ3n) is 3.19. The lowest BCUT2D eigenvalue weighted by Crippen LogP contribution is -2.18. The first kappa shape index (κ1) is 13.1. The maximum absolute atomic E-state index is 7.70. The van der Waals surface area contributed by atoms with Crippen LogP contribution in [0.4, 0.5) is 11.4 Å². The Morgan fingerprint density at radius 1 is 1.05 bits per heavy atom. The van der Waals surface area contributed by atoms with Crippen LogP contribution in [0.5, 0.6) is 0 Å². The molecule has 0 atom stereocenters. The lowest BCUT2D eigenvalue weighted by Gasteiger charge is -2.23. The molecule has 98 valence electrons. The molecule has 3 N–H and O–H groups in total. The fourth-order valence-electron chi connectivity index (χ4n) is 2.12. The molecule has 0 aliphatic rings. The number of nitrogen functional groups attached to an aromatic ring is 1. The van der Waals surface area contributed by atoms with Crippen molar-refractivity contribution in [2.24, 2.45) is 5.73 Å². The van der Waals surface area contributed by atoms with Crippen LogP contribution >= 0.6 is 0 Å². The maximum Gasteiger partial charge on any atom is 0.124 e. The fraction of sp³-hybridized carbons (Fsp3) is 0.188. The summed E-state index contributed by atoms with van der Waals surface area (Å²) in [6.45, 7) is 4.11. The second kappa shape index (κ2) is 5.14. The molecule has 0 spiro atoms. The molecule has 0 saturated carbocycles. The van der Waals surface area contributed by atoms with Crippen molar-refractivity contribution in [1.29, 1.82) is 5.41 Å². The summed E-state index contributed by atoms with van der Waals surface area (Å²) in [5.74, 6) is 0.0921. The van der Waals surface area contributed by atoms with Gasteiger partial charge in [-0.1, -0.05) is 18.2 Å². The van der Waals surface area contributed by atoms with Crippen molar-refractivity contribution in [2.75, 3.05) is 11.9 Å². The van der Waals surface area contributed by atoms with Gasteiger partial charge in [0.2, 0.25) is 0 Å². The van der Waals surface area contributed by atoms with Gasteiger partial charge in [-0.2, -0.15) is 0 Å². The number of benzene rings is 2. The molecular formula is C16H19N3. The molecular weight excluding hydrogens is 234 g/mol. The molecule has 2 aromatic rings. The smallest absolute Gasteiger partial charge is 0.124 e. The standard InChI is InChI=1S/C16H19N3/c1-11-5-4-6-13(9-11)19(3)15-10-12(2)7-8-14(15)16(17)18/h4-10H,1-3H3,(H3,17,18). The largest absolute Gasteiger partial charge is 0.384 e. The first-order valence-corrected chi connectivity index (χ1v) is 6.24. The van der Waals surface area contributed by atoms with Crippen molar-refractivity contribution in [1.82, 2.24) is 0 Å². The van der Waals surface area contributed by atoms with Crippen LogP contribution < -0.4 is 10.6 Å². The second-order valence-electron chi connectivity index (χ2n) is 4.83. The summed E-state index contributed by atoms with van der Waals surface area (Å²) >= 11 is 0. The highest BCUT2D eigenvalue weighted by Gasteiger charge is 2.11. The minimum atomic E-state index is 0.0921. The van der Waals surface area contributed by atoms with E-state index in [1.807, 2.05) is 32.2 Å². The fourth-order valence-corrected chi connectivity index (χ4v) is 2.12. The zero-order valence-electron chi connectivity index (χ0n) is 11.6. The Kier molecular flexibility index (Phi) is 3.56. The Balaban J connectivity index is 2.51. The van der Waals surface area contributed by atoms with E-state index in [4.69, 9.17) is 11.1 Å². The SMILES string of the molecule is Cc1cccc(N(C)c2cc(C)ccc2C(=N)N)c1. The van der Waals surface area contributed by atoms with Crippen molar-refractivity contribution in [3.8, 4) is 0 Å². The van der Waals surface area contributed by atoms with Gasteiger partial charge in [0, 0.05) is 18.3 Å². The molecule has 0 aliphatic carbocycles. The van der Waals surface area contributed by atoms with Crippen LogP contribution in [-0.2, 0) is 0 Å². The average Bonchev–Trinajstić information content (AvgIpc) is 2.37. The first-order chi connectivity index (χ1) is 8.99. The van der Waals surface area contributed by atoms with Crippen LogP contribution in [-0.4, -0.2) is 12.9 Å². The van der Waals surface area contributed by atoms with E-state index in [2.05, 4.69) is 36.1 Å². The zero-order valence-corrected chi connectivity index (χ0v) is 11.6. The Hall–Kier alpha value is -2.29. The molecule has 2 rings (SSSR count). The highest BCUT2D eigenvalue weighted by Crippen LogP contribution is 2.28. The number of rotatable bonds is 3. The van der Waals surface area contributed by atoms with E-state index >= 15 is 0 Å². The summed E-state index contributed by atoms with van der Waals surface area (Å²) in [6, 6.07) is 14.2. The summed E-state index contributed by atoms with van der Waals surface area (Å²) in [5.41, 5.74) is 10.8. The Bertz CT molecular complexity index is 617. The van der Waals surface area contributed by atoms with Gasteiger partial charge in [-0.25, -0.2) is 0 Å². The summed E-state index contributed by atoms with van der Waals surface area (Å²) in [6.07, 6.45) is 0. The molecule has 3 nitrogen and oxygen atoms in total. The maximum atomic E-state index is 7.70. The van der Waals surface area contributed by atoms with Crippen molar-refractivity contribution in [3.05, 3.63) is 59.2 Å².